The average Bonchev–Trinajstić information content (AvgIpc) is 3.10. The molecular formula is C19H21ClN4. The molecule has 2 aliphatic heterocycles. The Labute approximate surface area is 147 Å². The fourth-order valence-corrected chi connectivity index (χ4v) is 3.60. The third-order valence-electron chi connectivity index (χ3n) is 4.72. The summed E-state index contributed by atoms with van der Waals surface area (Å²) in [6.45, 7) is 2.95. The average molecular weight is 341 g/mol. The lowest BCUT2D eigenvalue weighted by atomic mass is 9.98. The minimum atomic E-state index is 0.550. The van der Waals surface area contributed by atoms with Gasteiger partial charge in [-0.1, -0.05) is 23.7 Å². The molecule has 124 valence electrons. The Balaban J connectivity index is 1.59. The molecular weight excluding hydrogens is 320 g/mol. The van der Waals surface area contributed by atoms with Crippen LogP contribution in [0.3, 0.4) is 0 Å². The third kappa shape index (κ3) is 3.45. The monoisotopic (exact) mass is 340 g/mol. The van der Waals surface area contributed by atoms with Gasteiger partial charge in [0.2, 0.25) is 0 Å². The molecule has 1 saturated heterocycles. The van der Waals surface area contributed by atoms with E-state index in [2.05, 4.69) is 33.5 Å². The highest BCUT2D eigenvalue weighted by Crippen LogP contribution is 2.22. The summed E-state index contributed by atoms with van der Waals surface area (Å²) in [5, 5.41) is 11.5. The molecule has 1 aromatic heterocycles. The first-order valence-corrected chi connectivity index (χ1v) is 8.89. The topological polar surface area (TPSA) is 40.5 Å². The highest BCUT2D eigenvalue weighted by atomic mass is 35.5. The Morgan fingerprint density at radius 2 is 2.08 bits per heavy atom. The molecule has 0 radical (unpaired) electrons. The summed E-state index contributed by atoms with van der Waals surface area (Å²) in [7, 11) is 0. The molecule has 4 nitrogen and oxygen atoms in total. The van der Waals surface area contributed by atoms with Gasteiger partial charge in [0.15, 0.2) is 0 Å². The Kier molecular flexibility index (Phi) is 4.50. The van der Waals surface area contributed by atoms with Crippen LogP contribution in [0.4, 0.5) is 0 Å². The molecule has 0 aliphatic carbocycles. The van der Waals surface area contributed by atoms with Crippen LogP contribution in [-0.4, -0.2) is 34.8 Å². The van der Waals surface area contributed by atoms with Gasteiger partial charge in [0.25, 0.3) is 0 Å². The molecule has 1 atom stereocenters. The van der Waals surface area contributed by atoms with Gasteiger partial charge >= 0.3 is 0 Å². The molecule has 2 aromatic rings. The maximum Gasteiger partial charge on any atom is 0.0740 e. The number of rotatable bonds is 4. The number of aromatic nitrogens is 1. The van der Waals surface area contributed by atoms with Crippen molar-refractivity contribution in [3.05, 3.63) is 64.4 Å². The minimum Gasteiger partial charge on any atom is -0.312 e. The lowest BCUT2D eigenvalue weighted by Crippen LogP contribution is -2.37. The molecule has 0 bridgehead atoms. The van der Waals surface area contributed by atoms with Crippen molar-refractivity contribution in [1.29, 1.82) is 0 Å². The number of hydrazone groups is 1. The van der Waals surface area contributed by atoms with Crippen LogP contribution < -0.4 is 5.32 Å². The predicted octanol–water partition coefficient (Wildman–Crippen LogP) is 3.25. The fourth-order valence-electron chi connectivity index (χ4n) is 3.48. The first-order valence-electron chi connectivity index (χ1n) is 8.51. The predicted molar refractivity (Wildman–Crippen MR) is 97.4 cm³/mol. The molecule has 0 amide bonds. The van der Waals surface area contributed by atoms with Crippen molar-refractivity contribution in [2.45, 2.75) is 31.8 Å². The van der Waals surface area contributed by atoms with E-state index in [4.69, 9.17) is 16.7 Å². The smallest absolute Gasteiger partial charge is 0.0740 e. The van der Waals surface area contributed by atoms with Crippen molar-refractivity contribution in [2.75, 3.05) is 13.1 Å². The number of fused-ring (bicyclic) bond motifs is 1. The first kappa shape index (κ1) is 15.6. The molecule has 1 aromatic carbocycles. The number of nitrogens with one attached hydrogen (secondary N) is 1. The summed E-state index contributed by atoms with van der Waals surface area (Å²) in [5.41, 5.74) is 4.78. The van der Waals surface area contributed by atoms with Crippen LogP contribution in [0.1, 0.15) is 29.5 Å². The van der Waals surface area contributed by atoms with Crippen LogP contribution in [0.2, 0.25) is 5.02 Å². The number of nitrogens with zero attached hydrogens (tertiary/aromatic N) is 3. The standard InChI is InChI=1S/C19H21ClN4/c20-16-5-3-14(4-6-16)10-19-18-11-21-9-7-15(18)12-24(23-19)13-17-2-1-8-22-17/h3-7,9,11,17,22H,1-2,8,10,12-13H2/t17-/m1/s1. The van der Waals surface area contributed by atoms with Gasteiger partial charge in [-0.15, -0.1) is 0 Å². The minimum absolute atomic E-state index is 0.550. The van der Waals surface area contributed by atoms with E-state index in [1.54, 1.807) is 0 Å². The number of pyridine rings is 1. The van der Waals surface area contributed by atoms with E-state index in [1.165, 1.54) is 29.5 Å². The number of hydrogen-bond donors (Lipinski definition) is 1. The summed E-state index contributed by atoms with van der Waals surface area (Å²) in [5.74, 6) is 0. The highest BCUT2D eigenvalue weighted by molar-refractivity contribution is 6.30. The quantitative estimate of drug-likeness (QED) is 0.928. The second-order valence-electron chi connectivity index (χ2n) is 6.52. The van der Waals surface area contributed by atoms with E-state index >= 15 is 0 Å². The number of benzene rings is 1. The van der Waals surface area contributed by atoms with Gasteiger partial charge in [0.05, 0.1) is 18.8 Å². The van der Waals surface area contributed by atoms with Crippen molar-refractivity contribution in [2.24, 2.45) is 5.10 Å². The highest BCUT2D eigenvalue weighted by Gasteiger charge is 2.23. The Hall–Kier alpha value is -1.91. The summed E-state index contributed by atoms with van der Waals surface area (Å²) in [6.07, 6.45) is 7.11. The summed E-state index contributed by atoms with van der Waals surface area (Å²) < 4.78 is 0. The van der Waals surface area contributed by atoms with Crippen LogP contribution in [-0.2, 0) is 13.0 Å². The van der Waals surface area contributed by atoms with E-state index in [0.717, 1.165) is 36.8 Å². The Bertz CT molecular complexity index is 735. The summed E-state index contributed by atoms with van der Waals surface area (Å²) in [6, 6.07) is 10.7. The second kappa shape index (κ2) is 6.91. The van der Waals surface area contributed by atoms with Crippen molar-refractivity contribution in [1.82, 2.24) is 15.3 Å². The third-order valence-corrected chi connectivity index (χ3v) is 4.97. The lowest BCUT2D eigenvalue weighted by molar-refractivity contribution is 0.248. The van der Waals surface area contributed by atoms with Gasteiger partial charge in [-0.3, -0.25) is 9.99 Å². The first-order chi connectivity index (χ1) is 11.8. The lowest BCUT2D eigenvalue weighted by Gasteiger charge is -2.29. The fraction of sp³-hybridized carbons (Fsp3) is 0.368. The molecule has 24 heavy (non-hydrogen) atoms. The molecule has 4 rings (SSSR count). The van der Waals surface area contributed by atoms with E-state index in [1.807, 2.05) is 24.5 Å². The molecule has 3 heterocycles. The Morgan fingerprint density at radius 1 is 1.21 bits per heavy atom. The van der Waals surface area contributed by atoms with Crippen LogP contribution in [0.25, 0.3) is 0 Å². The summed E-state index contributed by atoms with van der Waals surface area (Å²) >= 11 is 6.00. The van der Waals surface area contributed by atoms with Crippen molar-refractivity contribution < 1.29 is 0 Å². The SMILES string of the molecule is Clc1ccc(CC2=NN(C[C@H]3CCCN3)Cc3ccncc32)cc1. The van der Waals surface area contributed by atoms with E-state index in [9.17, 15) is 0 Å². The molecule has 0 unspecified atom stereocenters. The maximum absolute atomic E-state index is 6.00. The van der Waals surface area contributed by atoms with Gasteiger partial charge in [-0.05, 0) is 48.7 Å². The van der Waals surface area contributed by atoms with E-state index < -0.39 is 0 Å². The van der Waals surface area contributed by atoms with Crippen LogP contribution in [0.15, 0.2) is 47.8 Å². The zero-order valence-corrected chi connectivity index (χ0v) is 14.3. The Morgan fingerprint density at radius 3 is 2.88 bits per heavy atom. The molecule has 1 N–H and O–H groups in total. The van der Waals surface area contributed by atoms with Crippen LogP contribution in [0.5, 0.6) is 0 Å². The van der Waals surface area contributed by atoms with Gasteiger partial charge in [-0.2, -0.15) is 5.10 Å². The van der Waals surface area contributed by atoms with Gasteiger partial charge < -0.3 is 5.32 Å². The van der Waals surface area contributed by atoms with Crippen molar-refractivity contribution >= 4 is 17.3 Å². The molecule has 1 fully saturated rings. The van der Waals surface area contributed by atoms with Gasteiger partial charge in [-0.25, -0.2) is 0 Å². The largest absolute Gasteiger partial charge is 0.312 e. The number of halogens is 1. The summed E-state index contributed by atoms with van der Waals surface area (Å²) in [4.78, 5) is 4.30. The van der Waals surface area contributed by atoms with Crippen LogP contribution >= 0.6 is 11.6 Å². The van der Waals surface area contributed by atoms with Gasteiger partial charge in [0.1, 0.15) is 0 Å². The molecule has 0 saturated carbocycles. The van der Waals surface area contributed by atoms with E-state index in [0.29, 0.717) is 6.04 Å². The maximum atomic E-state index is 6.00. The molecule has 0 spiro atoms. The normalized spacial score (nSPS) is 20.0. The van der Waals surface area contributed by atoms with Crippen LogP contribution in [0, 0.1) is 0 Å². The zero-order chi connectivity index (χ0) is 16.4. The van der Waals surface area contributed by atoms with Gasteiger partial charge in [0, 0.05) is 35.4 Å². The number of hydrogen-bond acceptors (Lipinski definition) is 4. The van der Waals surface area contributed by atoms with Crippen molar-refractivity contribution in [3.63, 3.8) is 0 Å². The molecule has 2 aliphatic rings. The molecule has 5 heteroatoms. The van der Waals surface area contributed by atoms with Crippen molar-refractivity contribution in [3.8, 4) is 0 Å². The second-order valence-corrected chi connectivity index (χ2v) is 6.96. The zero-order valence-electron chi connectivity index (χ0n) is 13.6. The van der Waals surface area contributed by atoms with E-state index in [-0.39, 0.29) is 0 Å².